The first-order valence-electron chi connectivity index (χ1n) is 9.88. The molecule has 0 aliphatic rings. The van der Waals surface area contributed by atoms with Gasteiger partial charge in [0.1, 0.15) is 5.69 Å². The van der Waals surface area contributed by atoms with Gasteiger partial charge in [-0.15, -0.1) is 11.3 Å². The number of aryl methyl sites for hydroxylation is 1. The van der Waals surface area contributed by atoms with Crippen LogP contribution in [0.3, 0.4) is 0 Å². The highest BCUT2D eigenvalue weighted by Gasteiger charge is 2.30. The largest absolute Gasteiger partial charge is 0.416 e. The second-order valence-electron chi connectivity index (χ2n) is 7.04. The number of hydrogen-bond donors (Lipinski definition) is 2. The van der Waals surface area contributed by atoms with Crippen molar-refractivity contribution in [1.29, 1.82) is 0 Å². The third kappa shape index (κ3) is 5.26. The number of alkyl halides is 3. The number of carbonyl (C=O) groups is 1. The van der Waals surface area contributed by atoms with Gasteiger partial charge in [-0.25, -0.2) is 14.6 Å². The summed E-state index contributed by atoms with van der Waals surface area (Å²) >= 11 is 1.32. The monoisotopic (exact) mass is 473 g/mol. The van der Waals surface area contributed by atoms with E-state index in [-0.39, 0.29) is 23.9 Å². The van der Waals surface area contributed by atoms with E-state index in [4.69, 9.17) is 0 Å². The summed E-state index contributed by atoms with van der Waals surface area (Å²) in [5, 5.41) is 18.0. The Morgan fingerprint density at radius 2 is 1.91 bits per heavy atom. The molecule has 0 aliphatic carbocycles. The first kappa shape index (κ1) is 22.6. The van der Waals surface area contributed by atoms with Crippen LogP contribution in [-0.4, -0.2) is 37.4 Å². The van der Waals surface area contributed by atoms with Gasteiger partial charge >= 0.3 is 6.18 Å². The number of nitrogens with zero attached hydrogens (tertiary/aromatic N) is 4. The summed E-state index contributed by atoms with van der Waals surface area (Å²) in [6.07, 6.45) is -4.07. The average Bonchev–Trinajstić information content (AvgIpc) is 3.48. The lowest BCUT2D eigenvalue weighted by Crippen LogP contribution is -2.12. The molecule has 2 heterocycles. The first-order chi connectivity index (χ1) is 15.8. The van der Waals surface area contributed by atoms with E-state index >= 15 is 0 Å². The number of aliphatic hydroxyl groups excluding tert-OH is 1. The van der Waals surface area contributed by atoms with Crippen molar-refractivity contribution in [3.05, 3.63) is 70.7 Å². The van der Waals surface area contributed by atoms with Gasteiger partial charge in [0.15, 0.2) is 11.6 Å². The van der Waals surface area contributed by atoms with Crippen LogP contribution in [0.1, 0.15) is 22.5 Å². The van der Waals surface area contributed by atoms with Crippen molar-refractivity contribution in [2.24, 2.45) is 0 Å². The Labute approximate surface area is 190 Å². The normalized spacial score (nSPS) is 11.5. The first-order valence-corrected chi connectivity index (χ1v) is 10.8. The number of anilines is 1. The predicted octanol–water partition coefficient (Wildman–Crippen LogP) is 4.72. The van der Waals surface area contributed by atoms with E-state index in [1.165, 1.54) is 23.5 Å². The lowest BCUT2D eigenvalue weighted by Gasteiger charge is -2.07. The summed E-state index contributed by atoms with van der Waals surface area (Å²) in [6.45, 7) is 0.264. The minimum Gasteiger partial charge on any atom is -0.396 e. The number of benzene rings is 2. The van der Waals surface area contributed by atoms with Crippen LogP contribution < -0.4 is 5.32 Å². The maximum atomic E-state index is 13.1. The van der Waals surface area contributed by atoms with Crippen molar-refractivity contribution >= 4 is 22.9 Å². The van der Waals surface area contributed by atoms with E-state index in [1.54, 1.807) is 39.8 Å². The molecule has 1 amide bonds. The van der Waals surface area contributed by atoms with Gasteiger partial charge < -0.3 is 10.4 Å². The smallest absolute Gasteiger partial charge is 0.396 e. The molecule has 2 aromatic carbocycles. The number of halogens is 3. The molecule has 170 valence electrons. The Morgan fingerprint density at radius 1 is 1.12 bits per heavy atom. The molecule has 0 saturated carbocycles. The molecule has 0 saturated heterocycles. The average molecular weight is 473 g/mol. The van der Waals surface area contributed by atoms with E-state index in [9.17, 15) is 23.1 Å². The Balaban J connectivity index is 1.63. The summed E-state index contributed by atoms with van der Waals surface area (Å²) in [6, 6.07) is 11.7. The Bertz CT molecular complexity index is 1240. The number of hydrogen-bond acceptors (Lipinski definition) is 6. The summed E-state index contributed by atoms with van der Waals surface area (Å²) < 4.78 is 40.9. The number of rotatable bonds is 7. The lowest BCUT2D eigenvalue weighted by molar-refractivity contribution is -0.137. The molecule has 7 nitrogen and oxygen atoms in total. The Morgan fingerprint density at radius 3 is 2.58 bits per heavy atom. The Hall–Kier alpha value is -3.57. The van der Waals surface area contributed by atoms with Crippen LogP contribution in [0.4, 0.5) is 18.9 Å². The summed E-state index contributed by atoms with van der Waals surface area (Å²) in [5.41, 5.74) is 2.55. The highest BCUT2D eigenvalue weighted by Crippen LogP contribution is 2.32. The van der Waals surface area contributed by atoms with Gasteiger partial charge in [-0.05, 0) is 42.8 Å². The molecule has 0 bridgehead atoms. The zero-order valence-electron chi connectivity index (χ0n) is 17.1. The fourth-order valence-corrected chi connectivity index (χ4v) is 3.64. The van der Waals surface area contributed by atoms with Crippen molar-refractivity contribution in [3.8, 4) is 22.8 Å². The number of amides is 1. The molecular weight excluding hydrogens is 455 g/mol. The van der Waals surface area contributed by atoms with Crippen LogP contribution in [0, 0.1) is 0 Å². The zero-order valence-corrected chi connectivity index (χ0v) is 17.9. The van der Waals surface area contributed by atoms with Crippen LogP contribution in [0.2, 0.25) is 0 Å². The van der Waals surface area contributed by atoms with E-state index in [0.717, 1.165) is 12.1 Å². The minimum atomic E-state index is -4.48. The van der Waals surface area contributed by atoms with Gasteiger partial charge in [0, 0.05) is 35.3 Å². The van der Waals surface area contributed by atoms with E-state index in [0.29, 0.717) is 35.7 Å². The van der Waals surface area contributed by atoms with Crippen molar-refractivity contribution < 1.29 is 23.1 Å². The van der Waals surface area contributed by atoms with Crippen molar-refractivity contribution in [2.45, 2.75) is 19.1 Å². The second-order valence-corrected chi connectivity index (χ2v) is 7.76. The third-order valence-electron chi connectivity index (χ3n) is 4.71. The maximum Gasteiger partial charge on any atom is 0.416 e. The van der Waals surface area contributed by atoms with Crippen LogP contribution in [0.15, 0.2) is 59.4 Å². The number of carbonyl (C=O) groups excluding carboxylic acids is 1. The number of nitrogens with one attached hydrogen (secondary N) is 1. The molecule has 11 heteroatoms. The Kier molecular flexibility index (Phi) is 6.52. The molecule has 0 aliphatic heterocycles. The van der Waals surface area contributed by atoms with Crippen molar-refractivity contribution in [2.75, 3.05) is 11.9 Å². The van der Waals surface area contributed by atoms with Gasteiger partial charge in [-0.1, -0.05) is 12.1 Å². The maximum absolute atomic E-state index is 13.1. The number of aromatic nitrogens is 4. The van der Waals surface area contributed by atoms with Crippen LogP contribution in [0.5, 0.6) is 0 Å². The summed E-state index contributed by atoms with van der Waals surface area (Å²) in [4.78, 5) is 20.6. The van der Waals surface area contributed by atoms with E-state index < -0.39 is 11.7 Å². The number of aliphatic hydroxyl groups is 1. The fraction of sp³-hybridized carbons (Fsp3) is 0.182. The van der Waals surface area contributed by atoms with Gasteiger partial charge in [-0.2, -0.15) is 18.3 Å². The van der Waals surface area contributed by atoms with E-state index in [1.807, 2.05) is 0 Å². The molecule has 0 fully saturated rings. The number of thiazole rings is 1. The zero-order chi connectivity index (χ0) is 23.4. The topological polar surface area (TPSA) is 92.9 Å². The van der Waals surface area contributed by atoms with Crippen LogP contribution in [-0.2, 0) is 12.7 Å². The standard InChI is InChI=1S/C22H18F3N5O2S/c23-22(24,25)16-4-1-3-15(11-16)19-28-20(30(29-19)9-2-10-31)14-5-7-17(8-6-14)27-21(32)18-12-33-13-26-18/h1,3-8,11-13,31H,2,9-10H2,(H,27,32). The van der Waals surface area contributed by atoms with Crippen molar-refractivity contribution in [3.63, 3.8) is 0 Å². The highest BCUT2D eigenvalue weighted by molar-refractivity contribution is 7.07. The molecule has 2 aromatic heterocycles. The summed E-state index contributed by atoms with van der Waals surface area (Å²) in [7, 11) is 0. The molecule has 0 spiro atoms. The van der Waals surface area contributed by atoms with Gasteiger partial charge in [0.2, 0.25) is 0 Å². The SMILES string of the molecule is O=C(Nc1ccc(-c2nc(-c3cccc(C(F)(F)F)c3)nn2CCCO)cc1)c1cscn1. The molecule has 33 heavy (non-hydrogen) atoms. The molecular formula is C22H18F3N5O2S. The van der Waals surface area contributed by atoms with Gasteiger partial charge in [0.05, 0.1) is 11.1 Å². The quantitative estimate of drug-likeness (QED) is 0.405. The highest BCUT2D eigenvalue weighted by atomic mass is 32.1. The molecule has 4 aromatic rings. The molecule has 0 atom stereocenters. The lowest BCUT2D eigenvalue weighted by atomic mass is 10.1. The molecule has 0 radical (unpaired) electrons. The third-order valence-corrected chi connectivity index (χ3v) is 5.30. The van der Waals surface area contributed by atoms with Gasteiger partial charge in [-0.3, -0.25) is 4.79 Å². The minimum absolute atomic E-state index is 0.0697. The van der Waals surface area contributed by atoms with Crippen LogP contribution >= 0.6 is 11.3 Å². The van der Waals surface area contributed by atoms with Crippen molar-refractivity contribution in [1.82, 2.24) is 19.7 Å². The summed E-state index contributed by atoms with van der Waals surface area (Å²) in [5.74, 6) is 0.255. The molecule has 4 rings (SSSR count). The van der Waals surface area contributed by atoms with Crippen LogP contribution in [0.25, 0.3) is 22.8 Å². The molecule has 0 unspecified atom stereocenters. The predicted molar refractivity (Wildman–Crippen MR) is 118 cm³/mol. The van der Waals surface area contributed by atoms with Gasteiger partial charge in [0.25, 0.3) is 5.91 Å². The fourth-order valence-electron chi connectivity index (χ4n) is 3.11. The van der Waals surface area contributed by atoms with E-state index in [2.05, 4.69) is 20.4 Å². The molecule has 2 N–H and O–H groups in total. The second kappa shape index (κ2) is 9.51.